The Kier molecular flexibility index (Phi) is 6.81. The van der Waals surface area contributed by atoms with Gasteiger partial charge in [-0.25, -0.2) is 4.39 Å². The second kappa shape index (κ2) is 8.11. The van der Waals surface area contributed by atoms with Crippen LogP contribution >= 0.6 is 11.8 Å². The lowest BCUT2D eigenvalue weighted by molar-refractivity contribution is -0.123. The molecule has 1 aromatic rings. The van der Waals surface area contributed by atoms with E-state index in [1.54, 1.807) is 30.8 Å². The van der Waals surface area contributed by atoms with Crippen LogP contribution in [0.2, 0.25) is 0 Å². The average Bonchev–Trinajstić information content (AvgIpc) is 2.43. The summed E-state index contributed by atoms with van der Waals surface area (Å²) in [7, 11) is 1.47. The van der Waals surface area contributed by atoms with Crippen LogP contribution in [0.1, 0.15) is 24.9 Å². The average molecular weight is 300 g/mol. The number of hydrogen-bond acceptors (Lipinski definition) is 4. The Bertz CT molecular complexity index is 457. The van der Waals surface area contributed by atoms with Gasteiger partial charge in [0, 0.05) is 0 Å². The lowest BCUT2D eigenvalue weighted by atomic mass is 10.1. The second-order valence-electron chi connectivity index (χ2n) is 4.47. The Morgan fingerprint density at radius 2 is 2.25 bits per heavy atom. The summed E-state index contributed by atoms with van der Waals surface area (Å²) in [5.74, 6) is 0.536. The Hall–Kier alpha value is -1.27. The van der Waals surface area contributed by atoms with Gasteiger partial charge in [-0.1, -0.05) is 6.07 Å². The van der Waals surface area contributed by atoms with Crippen LogP contribution in [0.3, 0.4) is 0 Å². The number of rotatable bonds is 7. The maximum Gasteiger partial charge on any atom is 0.237 e. The molecule has 0 aliphatic rings. The highest BCUT2D eigenvalue weighted by atomic mass is 32.2. The van der Waals surface area contributed by atoms with Crippen molar-refractivity contribution < 1.29 is 13.9 Å². The van der Waals surface area contributed by atoms with Gasteiger partial charge in [-0.05, 0) is 37.5 Å². The number of amides is 1. The third-order valence-corrected chi connectivity index (χ3v) is 3.64. The van der Waals surface area contributed by atoms with E-state index in [4.69, 9.17) is 10.5 Å². The molecule has 0 spiro atoms. The van der Waals surface area contributed by atoms with Crippen molar-refractivity contribution in [3.63, 3.8) is 0 Å². The topological polar surface area (TPSA) is 64.3 Å². The van der Waals surface area contributed by atoms with Crippen molar-refractivity contribution >= 4 is 17.7 Å². The number of nitrogens with two attached hydrogens (primary N) is 1. The van der Waals surface area contributed by atoms with Gasteiger partial charge in [-0.3, -0.25) is 4.79 Å². The highest BCUT2D eigenvalue weighted by Crippen LogP contribution is 2.27. The first-order chi connectivity index (χ1) is 9.51. The monoisotopic (exact) mass is 300 g/mol. The molecule has 0 aliphatic carbocycles. The van der Waals surface area contributed by atoms with Gasteiger partial charge in [0.1, 0.15) is 11.6 Å². The summed E-state index contributed by atoms with van der Waals surface area (Å²) in [5, 5.41) is 2.73. The van der Waals surface area contributed by atoms with Gasteiger partial charge in [0.05, 0.1) is 24.8 Å². The van der Waals surface area contributed by atoms with Crippen LogP contribution in [0.25, 0.3) is 0 Å². The molecule has 3 N–H and O–H groups in total. The van der Waals surface area contributed by atoms with Crippen LogP contribution in [0.15, 0.2) is 18.2 Å². The van der Waals surface area contributed by atoms with E-state index >= 15 is 0 Å². The number of hydrogen-bond donors (Lipinski definition) is 2. The molecule has 0 heterocycles. The van der Waals surface area contributed by atoms with Gasteiger partial charge in [-0.2, -0.15) is 11.8 Å². The third kappa shape index (κ3) is 4.38. The quantitative estimate of drug-likeness (QED) is 0.809. The molecule has 6 heteroatoms. The predicted molar refractivity (Wildman–Crippen MR) is 80.5 cm³/mol. The van der Waals surface area contributed by atoms with Gasteiger partial charge in [0.25, 0.3) is 0 Å². The zero-order chi connectivity index (χ0) is 15.1. The minimum Gasteiger partial charge on any atom is -0.496 e. The SMILES string of the molecule is COc1cccc(F)c1C(C)NC(=O)[C@@H](N)CCSC. The fourth-order valence-corrected chi connectivity index (χ4v) is 2.37. The lowest BCUT2D eigenvalue weighted by Crippen LogP contribution is -2.42. The summed E-state index contributed by atoms with van der Waals surface area (Å²) in [4.78, 5) is 11.9. The molecule has 0 radical (unpaired) electrons. The lowest BCUT2D eigenvalue weighted by Gasteiger charge is -2.20. The minimum absolute atomic E-state index is 0.281. The molecule has 1 rings (SSSR count). The van der Waals surface area contributed by atoms with E-state index in [2.05, 4.69) is 5.32 Å². The molecule has 0 bridgehead atoms. The standard InChI is InChI=1S/C14H21FN2O2S/c1-9(17-14(18)11(16)7-8-20-3)13-10(15)5-4-6-12(13)19-2/h4-6,9,11H,7-8,16H2,1-3H3,(H,17,18)/t9?,11-/m0/s1. The molecule has 0 saturated carbocycles. The van der Waals surface area contributed by atoms with Crippen molar-refractivity contribution in [2.75, 3.05) is 19.1 Å². The number of carbonyl (C=O) groups excluding carboxylic acids is 1. The van der Waals surface area contributed by atoms with Crippen LogP contribution in [0, 0.1) is 5.82 Å². The zero-order valence-corrected chi connectivity index (χ0v) is 12.8. The highest BCUT2D eigenvalue weighted by molar-refractivity contribution is 7.98. The summed E-state index contributed by atoms with van der Waals surface area (Å²) in [6.07, 6.45) is 2.55. The maximum atomic E-state index is 13.9. The Balaban J connectivity index is 2.76. The van der Waals surface area contributed by atoms with Gasteiger partial charge in [0.15, 0.2) is 0 Å². The normalized spacial score (nSPS) is 13.7. The van der Waals surface area contributed by atoms with E-state index in [1.165, 1.54) is 13.2 Å². The predicted octanol–water partition coefficient (Wildman–Crippen LogP) is 2.09. The molecular weight excluding hydrogens is 279 g/mol. The van der Waals surface area contributed by atoms with Crippen molar-refractivity contribution in [1.82, 2.24) is 5.32 Å². The molecule has 4 nitrogen and oxygen atoms in total. The van der Waals surface area contributed by atoms with Gasteiger partial charge < -0.3 is 15.8 Å². The van der Waals surface area contributed by atoms with Gasteiger partial charge in [0.2, 0.25) is 5.91 Å². The van der Waals surface area contributed by atoms with Crippen LogP contribution in [-0.4, -0.2) is 31.1 Å². The second-order valence-corrected chi connectivity index (χ2v) is 5.46. The number of carbonyl (C=O) groups is 1. The first-order valence-corrected chi connectivity index (χ1v) is 7.78. The number of nitrogens with one attached hydrogen (secondary N) is 1. The van der Waals surface area contributed by atoms with Crippen molar-refractivity contribution in [2.24, 2.45) is 5.73 Å². The molecule has 20 heavy (non-hydrogen) atoms. The molecule has 112 valence electrons. The number of thioether (sulfide) groups is 1. The summed E-state index contributed by atoms with van der Waals surface area (Å²) < 4.78 is 19.0. The Morgan fingerprint density at radius 1 is 1.55 bits per heavy atom. The third-order valence-electron chi connectivity index (χ3n) is 2.99. The van der Waals surface area contributed by atoms with E-state index in [9.17, 15) is 9.18 Å². The number of halogens is 1. The van der Waals surface area contributed by atoms with Crippen molar-refractivity contribution in [1.29, 1.82) is 0 Å². The van der Waals surface area contributed by atoms with Crippen molar-refractivity contribution in [2.45, 2.75) is 25.4 Å². The van der Waals surface area contributed by atoms with Gasteiger partial charge >= 0.3 is 0 Å². The minimum atomic E-state index is -0.581. The molecule has 0 aliphatic heterocycles. The van der Waals surface area contributed by atoms with E-state index in [0.717, 1.165) is 5.75 Å². The van der Waals surface area contributed by atoms with Crippen LogP contribution in [-0.2, 0) is 4.79 Å². The van der Waals surface area contributed by atoms with E-state index in [0.29, 0.717) is 17.7 Å². The fraction of sp³-hybridized carbons (Fsp3) is 0.500. The van der Waals surface area contributed by atoms with Crippen molar-refractivity contribution in [3.8, 4) is 5.75 Å². The van der Waals surface area contributed by atoms with E-state index < -0.39 is 17.9 Å². The van der Waals surface area contributed by atoms with Crippen molar-refractivity contribution in [3.05, 3.63) is 29.6 Å². The molecule has 1 unspecified atom stereocenters. The number of benzene rings is 1. The van der Waals surface area contributed by atoms with Gasteiger partial charge in [-0.15, -0.1) is 0 Å². The highest BCUT2D eigenvalue weighted by Gasteiger charge is 2.21. The summed E-state index contributed by atoms with van der Waals surface area (Å²) in [6, 6.07) is 3.49. The van der Waals surface area contributed by atoms with Crippen LogP contribution < -0.4 is 15.8 Å². The molecule has 2 atom stereocenters. The largest absolute Gasteiger partial charge is 0.496 e. The molecule has 1 aromatic carbocycles. The van der Waals surface area contributed by atoms with E-state index in [1.807, 2.05) is 6.26 Å². The van der Waals surface area contributed by atoms with Crippen LogP contribution in [0.5, 0.6) is 5.75 Å². The Labute approximate surface area is 123 Å². The van der Waals surface area contributed by atoms with E-state index in [-0.39, 0.29) is 5.91 Å². The summed E-state index contributed by atoms with van der Waals surface area (Å²) in [5.41, 5.74) is 6.12. The van der Waals surface area contributed by atoms with Crippen LogP contribution in [0.4, 0.5) is 4.39 Å². The molecular formula is C14H21FN2O2S. The summed E-state index contributed by atoms with van der Waals surface area (Å²) >= 11 is 1.63. The smallest absolute Gasteiger partial charge is 0.237 e. The zero-order valence-electron chi connectivity index (χ0n) is 12.0. The summed E-state index contributed by atoms with van der Waals surface area (Å²) in [6.45, 7) is 1.71. The number of ether oxygens (including phenoxy) is 1. The Morgan fingerprint density at radius 3 is 2.85 bits per heavy atom. The first kappa shape index (κ1) is 16.8. The first-order valence-electron chi connectivity index (χ1n) is 6.38. The molecule has 0 fully saturated rings. The maximum absolute atomic E-state index is 13.9. The fourth-order valence-electron chi connectivity index (χ4n) is 1.88. The molecule has 1 amide bonds. The molecule has 0 aromatic heterocycles. The number of methoxy groups -OCH3 is 1. The molecule has 0 saturated heterocycles.